The van der Waals surface area contributed by atoms with Crippen LogP contribution in [0.2, 0.25) is 0 Å². The molecule has 0 saturated carbocycles. The molecule has 4 rings (SSSR count). The second kappa shape index (κ2) is 5.13. The van der Waals surface area contributed by atoms with E-state index in [1.807, 2.05) is 19.1 Å². The molecule has 2 heterocycles. The molecule has 0 spiro atoms. The molecule has 1 aliphatic rings. The Labute approximate surface area is 132 Å². The highest BCUT2D eigenvalue weighted by molar-refractivity contribution is 5.83. The van der Waals surface area contributed by atoms with Crippen molar-refractivity contribution in [1.82, 2.24) is 15.5 Å². The van der Waals surface area contributed by atoms with Crippen LogP contribution in [-0.2, 0) is 6.42 Å². The summed E-state index contributed by atoms with van der Waals surface area (Å²) < 4.78 is 28.9. The summed E-state index contributed by atoms with van der Waals surface area (Å²) in [7, 11) is 0. The molecule has 2 unspecified atom stereocenters. The van der Waals surface area contributed by atoms with E-state index in [2.05, 4.69) is 15.5 Å². The van der Waals surface area contributed by atoms with Crippen molar-refractivity contribution in [3.05, 3.63) is 64.4 Å². The SMILES string of the molecule is Cc1cc(F)c(C2NC(C)Cc3c2ccc2[nH]ncc32)c(F)c1. The van der Waals surface area contributed by atoms with Crippen LogP contribution in [0.3, 0.4) is 0 Å². The van der Waals surface area contributed by atoms with E-state index in [1.165, 1.54) is 12.1 Å². The van der Waals surface area contributed by atoms with E-state index in [0.717, 1.165) is 28.5 Å². The predicted octanol–water partition coefficient (Wildman–Crippen LogP) is 3.77. The van der Waals surface area contributed by atoms with Crippen molar-refractivity contribution in [3.8, 4) is 0 Å². The average Bonchev–Trinajstić information content (AvgIpc) is 2.94. The fraction of sp³-hybridized carbons (Fsp3) is 0.278. The molecule has 0 bridgehead atoms. The number of hydrogen-bond acceptors (Lipinski definition) is 2. The fourth-order valence-electron chi connectivity index (χ4n) is 3.56. The molecule has 23 heavy (non-hydrogen) atoms. The zero-order chi connectivity index (χ0) is 16.1. The molecule has 0 aliphatic carbocycles. The van der Waals surface area contributed by atoms with Crippen molar-refractivity contribution < 1.29 is 8.78 Å². The Hall–Kier alpha value is -2.27. The molecule has 118 valence electrons. The minimum atomic E-state index is -0.507. The Kier molecular flexibility index (Phi) is 3.20. The van der Waals surface area contributed by atoms with Crippen LogP contribution in [0.4, 0.5) is 8.78 Å². The van der Waals surface area contributed by atoms with Gasteiger partial charge in [-0.05, 0) is 55.2 Å². The molecule has 0 radical (unpaired) electrons. The maximum Gasteiger partial charge on any atom is 0.131 e. The van der Waals surface area contributed by atoms with Crippen LogP contribution in [0.25, 0.3) is 10.9 Å². The lowest BCUT2D eigenvalue weighted by molar-refractivity contribution is 0.434. The van der Waals surface area contributed by atoms with E-state index in [1.54, 1.807) is 13.1 Å². The van der Waals surface area contributed by atoms with Crippen molar-refractivity contribution in [3.63, 3.8) is 0 Å². The van der Waals surface area contributed by atoms with Crippen molar-refractivity contribution in [1.29, 1.82) is 0 Å². The molecular formula is C18H17F2N3. The Balaban J connectivity index is 1.95. The highest BCUT2D eigenvalue weighted by Gasteiger charge is 2.30. The first kappa shape index (κ1) is 14.3. The van der Waals surface area contributed by atoms with Crippen LogP contribution in [-0.4, -0.2) is 16.2 Å². The summed E-state index contributed by atoms with van der Waals surface area (Å²) in [5.74, 6) is -1.01. The fourth-order valence-corrected chi connectivity index (χ4v) is 3.56. The molecular weight excluding hydrogens is 296 g/mol. The van der Waals surface area contributed by atoms with Crippen molar-refractivity contribution >= 4 is 10.9 Å². The highest BCUT2D eigenvalue weighted by atomic mass is 19.1. The van der Waals surface area contributed by atoms with Gasteiger partial charge in [0.15, 0.2) is 0 Å². The summed E-state index contributed by atoms with van der Waals surface area (Å²) in [6.45, 7) is 3.72. The van der Waals surface area contributed by atoms with Crippen LogP contribution in [0.15, 0.2) is 30.5 Å². The average molecular weight is 313 g/mol. The molecule has 0 saturated heterocycles. The molecule has 0 fully saturated rings. The quantitative estimate of drug-likeness (QED) is 0.718. The number of H-pyrrole nitrogens is 1. The first-order valence-corrected chi connectivity index (χ1v) is 7.71. The normalized spacial score (nSPS) is 20.7. The van der Waals surface area contributed by atoms with Gasteiger partial charge in [-0.3, -0.25) is 5.10 Å². The molecule has 3 aromatic rings. The maximum atomic E-state index is 14.5. The van der Waals surface area contributed by atoms with E-state index < -0.39 is 17.7 Å². The van der Waals surface area contributed by atoms with Crippen LogP contribution >= 0.6 is 0 Å². The lowest BCUT2D eigenvalue weighted by Gasteiger charge is -2.32. The van der Waals surface area contributed by atoms with Gasteiger partial charge < -0.3 is 5.32 Å². The number of aryl methyl sites for hydroxylation is 1. The number of halogens is 2. The van der Waals surface area contributed by atoms with Crippen LogP contribution in [0.5, 0.6) is 0 Å². The lowest BCUT2D eigenvalue weighted by atomic mass is 9.85. The molecule has 3 nitrogen and oxygen atoms in total. The minimum Gasteiger partial charge on any atom is -0.303 e. The Morgan fingerprint density at radius 1 is 1.17 bits per heavy atom. The van der Waals surface area contributed by atoms with Gasteiger partial charge in [0.05, 0.1) is 17.8 Å². The summed E-state index contributed by atoms with van der Waals surface area (Å²) in [4.78, 5) is 0. The second-order valence-electron chi connectivity index (χ2n) is 6.31. The molecule has 5 heteroatoms. The molecule has 1 aliphatic heterocycles. The smallest absolute Gasteiger partial charge is 0.131 e. The van der Waals surface area contributed by atoms with E-state index in [9.17, 15) is 8.78 Å². The Morgan fingerprint density at radius 3 is 2.65 bits per heavy atom. The highest BCUT2D eigenvalue weighted by Crippen LogP contribution is 2.36. The summed E-state index contributed by atoms with van der Waals surface area (Å²) in [6.07, 6.45) is 2.59. The third kappa shape index (κ3) is 2.23. The molecule has 2 atom stereocenters. The van der Waals surface area contributed by atoms with E-state index in [-0.39, 0.29) is 11.6 Å². The number of fused-ring (bicyclic) bond motifs is 3. The largest absolute Gasteiger partial charge is 0.303 e. The third-order valence-electron chi connectivity index (χ3n) is 4.56. The number of benzene rings is 2. The van der Waals surface area contributed by atoms with Gasteiger partial charge >= 0.3 is 0 Å². The summed E-state index contributed by atoms with van der Waals surface area (Å²) in [5, 5.41) is 11.4. The van der Waals surface area contributed by atoms with Gasteiger partial charge in [0.2, 0.25) is 0 Å². The van der Waals surface area contributed by atoms with Gasteiger partial charge in [-0.15, -0.1) is 0 Å². The Bertz CT molecular complexity index is 877. The van der Waals surface area contributed by atoms with Gasteiger partial charge in [-0.1, -0.05) is 6.07 Å². The first-order chi connectivity index (χ1) is 11.0. The summed E-state index contributed by atoms with van der Waals surface area (Å²) in [5.41, 5.74) is 3.64. The van der Waals surface area contributed by atoms with Crippen LogP contribution < -0.4 is 5.32 Å². The number of nitrogens with one attached hydrogen (secondary N) is 2. The molecule has 2 aromatic carbocycles. The first-order valence-electron chi connectivity index (χ1n) is 7.71. The van der Waals surface area contributed by atoms with Crippen molar-refractivity contribution in [2.24, 2.45) is 0 Å². The van der Waals surface area contributed by atoms with Crippen LogP contribution in [0, 0.1) is 18.6 Å². The van der Waals surface area contributed by atoms with Crippen molar-refractivity contribution in [2.45, 2.75) is 32.4 Å². The number of nitrogens with zero attached hydrogens (tertiary/aromatic N) is 1. The zero-order valence-electron chi connectivity index (χ0n) is 13.0. The van der Waals surface area contributed by atoms with E-state index in [0.29, 0.717) is 5.56 Å². The molecule has 1 aromatic heterocycles. The van der Waals surface area contributed by atoms with Gasteiger partial charge in [0, 0.05) is 17.0 Å². The summed E-state index contributed by atoms with van der Waals surface area (Å²) >= 11 is 0. The number of rotatable bonds is 1. The van der Waals surface area contributed by atoms with E-state index >= 15 is 0 Å². The van der Waals surface area contributed by atoms with Crippen molar-refractivity contribution in [2.75, 3.05) is 0 Å². The van der Waals surface area contributed by atoms with Gasteiger partial charge in [0.25, 0.3) is 0 Å². The van der Waals surface area contributed by atoms with Gasteiger partial charge in [-0.2, -0.15) is 5.10 Å². The third-order valence-corrected chi connectivity index (χ3v) is 4.56. The number of aromatic nitrogens is 2. The zero-order valence-corrected chi connectivity index (χ0v) is 13.0. The van der Waals surface area contributed by atoms with Gasteiger partial charge in [-0.25, -0.2) is 8.78 Å². The summed E-state index contributed by atoms with van der Waals surface area (Å²) in [6, 6.07) is 6.24. The monoisotopic (exact) mass is 313 g/mol. The lowest BCUT2D eigenvalue weighted by Crippen LogP contribution is -2.38. The Morgan fingerprint density at radius 2 is 1.91 bits per heavy atom. The molecule has 0 amide bonds. The number of hydrogen-bond donors (Lipinski definition) is 2. The second-order valence-corrected chi connectivity index (χ2v) is 6.31. The number of aromatic amines is 1. The topological polar surface area (TPSA) is 40.7 Å². The minimum absolute atomic E-state index is 0.0891. The van der Waals surface area contributed by atoms with Gasteiger partial charge in [0.1, 0.15) is 11.6 Å². The van der Waals surface area contributed by atoms with E-state index in [4.69, 9.17) is 0 Å². The predicted molar refractivity (Wildman–Crippen MR) is 85.3 cm³/mol. The maximum absolute atomic E-state index is 14.5. The molecule has 2 N–H and O–H groups in total. The van der Waals surface area contributed by atoms with Crippen LogP contribution in [0.1, 0.15) is 35.2 Å². The standard InChI is InChI=1S/C18H17F2N3/c1-9-5-14(19)17(15(20)6-9)18-11-3-4-16-13(8-21-23-16)12(11)7-10(2)22-18/h3-6,8,10,18,22H,7H2,1-2H3,(H,21,23).